The van der Waals surface area contributed by atoms with Crippen molar-refractivity contribution in [1.29, 1.82) is 0 Å². The van der Waals surface area contributed by atoms with E-state index in [0.29, 0.717) is 11.5 Å². The first kappa shape index (κ1) is 18.5. The summed E-state index contributed by atoms with van der Waals surface area (Å²) in [4.78, 5) is 18.2. The van der Waals surface area contributed by atoms with Crippen molar-refractivity contribution in [3.63, 3.8) is 0 Å². The van der Waals surface area contributed by atoms with Gasteiger partial charge in [0.25, 0.3) is 5.91 Å². The Kier molecular flexibility index (Phi) is 4.45. The van der Waals surface area contributed by atoms with E-state index in [4.69, 9.17) is 0 Å². The maximum Gasteiger partial charge on any atom is 0.417 e. The van der Waals surface area contributed by atoms with Crippen molar-refractivity contribution in [2.45, 2.75) is 6.18 Å². The van der Waals surface area contributed by atoms with E-state index in [9.17, 15) is 18.0 Å². The third kappa shape index (κ3) is 3.40. The fourth-order valence-corrected chi connectivity index (χ4v) is 2.86. The number of anilines is 1. The number of nitrogens with zero attached hydrogens (tertiary/aromatic N) is 6. The summed E-state index contributed by atoms with van der Waals surface area (Å²) in [5.41, 5.74) is -0.416. The molecule has 0 N–H and O–H groups in total. The van der Waals surface area contributed by atoms with E-state index in [1.165, 1.54) is 59.2 Å². The van der Waals surface area contributed by atoms with Crippen LogP contribution in [0.15, 0.2) is 60.9 Å². The van der Waals surface area contributed by atoms with Gasteiger partial charge in [0.05, 0.1) is 17.5 Å². The second-order valence-electron chi connectivity index (χ2n) is 6.12. The highest BCUT2D eigenvalue weighted by Crippen LogP contribution is 2.36. The lowest BCUT2D eigenvalue weighted by atomic mass is 10.0. The molecule has 3 heterocycles. The molecule has 7 nitrogen and oxygen atoms in total. The smallest absolute Gasteiger partial charge is 0.293 e. The maximum atomic E-state index is 13.4. The number of aromatic nitrogens is 5. The molecule has 0 unspecified atom stereocenters. The van der Waals surface area contributed by atoms with Gasteiger partial charge in [-0.3, -0.25) is 9.69 Å². The van der Waals surface area contributed by atoms with Crippen LogP contribution in [0, 0.1) is 0 Å². The monoisotopic (exact) mass is 398 g/mol. The number of halogens is 3. The van der Waals surface area contributed by atoms with E-state index >= 15 is 0 Å². The molecule has 0 atom stereocenters. The molecule has 0 aliphatic rings. The van der Waals surface area contributed by atoms with Crippen molar-refractivity contribution >= 4 is 17.4 Å². The highest BCUT2D eigenvalue weighted by atomic mass is 19.4. The van der Waals surface area contributed by atoms with Crippen LogP contribution < -0.4 is 4.90 Å². The maximum absolute atomic E-state index is 13.4. The number of carbonyl (C=O) groups is 1. The molecule has 0 bridgehead atoms. The van der Waals surface area contributed by atoms with Crippen molar-refractivity contribution in [3.05, 3.63) is 72.2 Å². The summed E-state index contributed by atoms with van der Waals surface area (Å²) in [6, 6.07) is 11.3. The lowest BCUT2D eigenvalue weighted by molar-refractivity contribution is -0.137. The van der Waals surface area contributed by atoms with Crippen LogP contribution in [-0.4, -0.2) is 37.8 Å². The van der Waals surface area contributed by atoms with E-state index in [2.05, 4.69) is 20.3 Å². The largest absolute Gasteiger partial charge is 0.417 e. The normalized spacial score (nSPS) is 11.6. The van der Waals surface area contributed by atoms with Crippen molar-refractivity contribution < 1.29 is 18.0 Å². The van der Waals surface area contributed by atoms with Gasteiger partial charge in [0.15, 0.2) is 17.2 Å². The summed E-state index contributed by atoms with van der Waals surface area (Å²) < 4.78 is 41.3. The first-order chi connectivity index (χ1) is 13.9. The van der Waals surface area contributed by atoms with Crippen LogP contribution in [0.4, 0.5) is 19.0 Å². The standard InChI is InChI=1S/C19H13F3N6O/c1-27(17-7-4-10-24-25-17)18(29)15-11-23-16-9-8-14(26-28(15)16)12-5-2-3-6-13(12)19(20,21)22/h2-11H,1H3. The number of rotatable bonds is 3. The molecule has 0 spiro atoms. The number of hydrogen-bond acceptors (Lipinski definition) is 5. The molecule has 1 amide bonds. The molecular formula is C19H13F3N6O. The van der Waals surface area contributed by atoms with Crippen LogP contribution >= 0.6 is 0 Å². The van der Waals surface area contributed by atoms with Gasteiger partial charge in [-0.25, -0.2) is 9.50 Å². The summed E-state index contributed by atoms with van der Waals surface area (Å²) in [6.45, 7) is 0. The zero-order chi connectivity index (χ0) is 20.6. The van der Waals surface area contributed by atoms with E-state index in [0.717, 1.165) is 6.07 Å². The minimum Gasteiger partial charge on any atom is -0.293 e. The lowest BCUT2D eigenvalue weighted by Crippen LogP contribution is -2.28. The molecular weight excluding hydrogens is 385 g/mol. The van der Waals surface area contributed by atoms with Crippen LogP contribution in [0.1, 0.15) is 16.1 Å². The Balaban J connectivity index is 1.80. The summed E-state index contributed by atoms with van der Waals surface area (Å²) in [5, 5.41) is 11.9. The van der Waals surface area contributed by atoms with Crippen LogP contribution in [0.3, 0.4) is 0 Å². The minimum absolute atomic E-state index is 0.0691. The highest BCUT2D eigenvalue weighted by Gasteiger charge is 2.33. The fourth-order valence-electron chi connectivity index (χ4n) is 2.86. The summed E-state index contributed by atoms with van der Waals surface area (Å²) in [7, 11) is 1.51. The first-order valence-electron chi connectivity index (χ1n) is 8.43. The van der Waals surface area contributed by atoms with Crippen molar-refractivity contribution in [3.8, 4) is 11.3 Å². The predicted octanol–water partition coefficient (Wildman–Crippen LogP) is 3.48. The molecule has 1 aromatic carbocycles. The zero-order valence-electron chi connectivity index (χ0n) is 15.0. The Bertz CT molecular complexity index is 1190. The van der Waals surface area contributed by atoms with Gasteiger partial charge in [0.2, 0.25) is 0 Å². The highest BCUT2D eigenvalue weighted by molar-refractivity contribution is 6.04. The second-order valence-corrected chi connectivity index (χ2v) is 6.12. The molecule has 4 aromatic rings. The number of carbonyl (C=O) groups excluding carboxylic acids is 1. The van der Waals surface area contributed by atoms with Gasteiger partial charge in [-0.15, -0.1) is 5.10 Å². The molecule has 0 radical (unpaired) electrons. The van der Waals surface area contributed by atoms with Gasteiger partial charge in [-0.2, -0.15) is 23.4 Å². The molecule has 0 saturated heterocycles. The lowest BCUT2D eigenvalue weighted by Gasteiger charge is -2.15. The van der Waals surface area contributed by atoms with Crippen LogP contribution in [-0.2, 0) is 6.18 Å². The molecule has 0 aliphatic carbocycles. The average Bonchev–Trinajstić information content (AvgIpc) is 3.16. The third-order valence-electron chi connectivity index (χ3n) is 4.30. The minimum atomic E-state index is -4.53. The van der Waals surface area contributed by atoms with Crippen LogP contribution in [0.2, 0.25) is 0 Å². The fraction of sp³-hybridized carbons (Fsp3) is 0.105. The molecule has 29 heavy (non-hydrogen) atoms. The molecule has 3 aromatic heterocycles. The number of fused-ring (bicyclic) bond motifs is 1. The number of hydrogen-bond donors (Lipinski definition) is 0. The molecule has 0 saturated carbocycles. The van der Waals surface area contributed by atoms with Crippen molar-refractivity contribution in [2.75, 3.05) is 11.9 Å². The Morgan fingerprint density at radius 2 is 1.86 bits per heavy atom. The summed E-state index contributed by atoms with van der Waals surface area (Å²) in [6.07, 6.45) is -1.74. The average molecular weight is 398 g/mol. The topological polar surface area (TPSA) is 76.3 Å². The second kappa shape index (κ2) is 6.97. The molecule has 0 aliphatic heterocycles. The van der Waals surface area contributed by atoms with Gasteiger partial charge in [0, 0.05) is 18.8 Å². The quantitative estimate of drug-likeness (QED) is 0.528. The Morgan fingerprint density at radius 1 is 1.07 bits per heavy atom. The van der Waals surface area contributed by atoms with Gasteiger partial charge < -0.3 is 0 Å². The Hall–Kier alpha value is -3.82. The van der Waals surface area contributed by atoms with Crippen LogP contribution in [0.5, 0.6) is 0 Å². The third-order valence-corrected chi connectivity index (χ3v) is 4.30. The summed E-state index contributed by atoms with van der Waals surface area (Å²) in [5.74, 6) is -0.169. The van der Waals surface area contributed by atoms with Gasteiger partial charge >= 0.3 is 6.18 Å². The predicted molar refractivity (Wildman–Crippen MR) is 98.2 cm³/mol. The first-order valence-corrected chi connectivity index (χ1v) is 8.43. The molecule has 0 fully saturated rings. The van der Waals surface area contributed by atoms with Crippen LogP contribution in [0.25, 0.3) is 16.9 Å². The number of benzene rings is 1. The number of alkyl halides is 3. The van der Waals surface area contributed by atoms with Crippen molar-refractivity contribution in [1.82, 2.24) is 24.8 Å². The SMILES string of the molecule is CN(C(=O)c1cnc2ccc(-c3ccccc3C(F)(F)F)nn12)c1cccnn1. The van der Waals surface area contributed by atoms with Crippen molar-refractivity contribution in [2.24, 2.45) is 0 Å². The van der Waals surface area contributed by atoms with Gasteiger partial charge in [-0.1, -0.05) is 18.2 Å². The molecule has 10 heteroatoms. The number of amides is 1. The van der Waals surface area contributed by atoms with E-state index in [-0.39, 0.29) is 17.0 Å². The number of imidazole rings is 1. The van der Waals surface area contributed by atoms with E-state index in [1.54, 1.807) is 12.1 Å². The van der Waals surface area contributed by atoms with E-state index < -0.39 is 17.6 Å². The Morgan fingerprint density at radius 3 is 2.59 bits per heavy atom. The summed E-state index contributed by atoms with van der Waals surface area (Å²) >= 11 is 0. The Labute approximate surface area is 162 Å². The molecule has 146 valence electrons. The van der Waals surface area contributed by atoms with E-state index in [1.807, 2.05) is 0 Å². The zero-order valence-corrected chi connectivity index (χ0v) is 15.0. The van der Waals surface area contributed by atoms with Gasteiger partial charge in [-0.05, 0) is 30.3 Å². The molecule has 4 rings (SSSR count). The van der Waals surface area contributed by atoms with Gasteiger partial charge in [0.1, 0.15) is 0 Å².